The van der Waals surface area contributed by atoms with E-state index in [4.69, 9.17) is 0 Å². The second-order valence-corrected chi connectivity index (χ2v) is 7.51. The van der Waals surface area contributed by atoms with Crippen LogP contribution in [0.3, 0.4) is 0 Å². The minimum Gasteiger partial charge on any atom is -0.390 e. The summed E-state index contributed by atoms with van der Waals surface area (Å²) in [6.07, 6.45) is 8.98. The van der Waals surface area contributed by atoms with Crippen LogP contribution in [0, 0.1) is 29.1 Å². The van der Waals surface area contributed by atoms with Gasteiger partial charge in [0.15, 0.2) is 0 Å². The molecule has 5 atom stereocenters. The Morgan fingerprint density at radius 2 is 2.05 bits per heavy atom. The van der Waals surface area contributed by atoms with Crippen LogP contribution in [0.15, 0.2) is 0 Å². The number of nitrogens with zero attached hydrogens (tertiary/aromatic N) is 2. The molecule has 1 aliphatic heterocycles. The predicted octanol–water partition coefficient (Wildman–Crippen LogP) is 2.94. The quantitative estimate of drug-likeness (QED) is 0.801. The molecule has 3 heteroatoms. The van der Waals surface area contributed by atoms with Gasteiger partial charge in [-0.3, -0.25) is 4.90 Å². The van der Waals surface area contributed by atoms with Crippen LogP contribution in [0.25, 0.3) is 0 Å². The van der Waals surface area contributed by atoms with E-state index in [1.165, 1.54) is 32.1 Å². The molecule has 3 nitrogen and oxygen atoms in total. The summed E-state index contributed by atoms with van der Waals surface area (Å²) in [6, 6.07) is 2.99. The summed E-state index contributed by atoms with van der Waals surface area (Å²) in [7, 11) is 0. The van der Waals surface area contributed by atoms with Gasteiger partial charge in [0.25, 0.3) is 0 Å². The second kappa shape index (κ2) is 5.66. The van der Waals surface area contributed by atoms with Gasteiger partial charge < -0.3 is 5.11 Å². The Hall–Kier alpha value is -0.590. The standard InChI is InChI=1S/C17H28N2O/c1-13-5-6-14(11-18)16(10-13)19-9-8-17(20)7-3-2-4-15(17)12-19/h13-16,20H,2-10,12H2,1H3. The highest BCUT2D eigenvalue weighted by Crippen LogP contribution is 2.42. The Bertz CT molecular complexity index is 391. The van der Waals surface area contributed by atoms with Gasteiger partial charge >= 0.3 is 0 Å². The van der Waals surface area contributed by atoms with Gasteiger partial charge in [-0.1, -0.05) is 19.8 Å². The lowest BCUT2D eigenvalue weighted by Crippen LogP contribution is -2.57. The highest BCUT2D eigenvalue weighted by Gasteiger charge is 2.45. The van der Waals surface area contributed by atoms with Gasteiger partial charge in [0.05, 0.1) is 17.6 Å². The first-order valence-corrected chi connectivity index (χ1v) is 8.48. The number of fused-ring (bicyclic) bond motifs is 1. The first-order valence-electron chi connectivity index (χ1n) is 8.48. The zero-order valence-corrected chi connectivity index (χ0v) is 12.7. The van der Waals surface area contributed by atoms with E-state index in [2.05, 4.69) is 17.9 Å². The fourth-order valence-corrected chi connectivity index (χ4v) is 4.80. The van der Waals surface area contributed by atoms with E-state index in [-0.39, 0.29) is 5.92 Å². The molecule has 2 saturated carbocycles. The number of aliphatic hydroxyl groups is 1. The van der Waals surface area contributed by atoms with Crippen molar-refractivity contribution in [3.8, 4) is 6.07 Å². The molecule has 1 saturated heterocycles. The maximum atomic E-state index is 10.8. The summed E-state index contributed by atoms with van der Waals surface area (Å²) < 4.78 is 0. The highest BCUT2D eigenvalue weighted by molar-refractivity contribution is 5.02. The zero-order chi connectivity index (χ0) is 14.2. The van der Waals surface area contributed by atoms with Gasteiger partial charge in [-0.05, 0) is 44.4 Å². The normalized spacial score (nSPS) is 46.5. The molecule has 0 spiro atoms. The van der Waals surface area contributed by atoms with Crippen molar-refractivity contribution in [2.24, 2.45) is 17.8 Å². The molecular weight excluding hydrogens is 248 g/mol. The van der Waals surface area contributed by atoms with E-state index in [1.807, 2.05) is 0 Å². The number of hydrogen-bond donors (Lipinski definition) is 1. The van der Waals surface area contributed by atoms with Crippen molar-refractivity contribution >= 4 is 0 Å². The Morgan fingerprint density at radius 3 is 2.85 bits per heavy atom. The molecule has 0 amide bonds. The fraction of sp³-hybridized carbons (Fsp3) is 0.941. The van der Waals surface area contributed by atoms with Gasteiger partial charge in [0.1, 0.15) is 0 Å². The first-order chi connectivity index (χ1) is 9.62. The minimum absolute atomic E-state index is 0.209. The van der Waals surface area contributed by atoms with Crippen LogP contribution >= 0.6 is 0 Å². The van der Waals surface area contributed by atoms with Crippen LogP contribution in [0.5, 0.6) is 0 Å². The summed E-state index contributed by atoms with van der Waals surface area (Å²) in [4.78, 5) is 2.55. The third-order valence-corrected chi connectivity index (χ3v) is 6.17. The van der Waals surface area contributed by atoms with Gasteiger partial charge in [0.2, 0.25) is 0 Å². The second-order valence-electron chi connectivity index (χ2n) is 7.51. The Kier molecular flexibility index (Phi) is 4.06. The van der Waals surface area contributed by atoms with Crippen molar-refractivity contribution < 1.29 is 5.11 Å². The van der Waals surface area contributed by atoms with E-state index >= 15 is 0 Å². The van der Waals surface area contributed by atoms with Crippen molar-refractivity contribution in [3.05, 3.63) is 0 Å². The van der Waals surface area contributed by atoms with Crippen molar-refractivity contribution in [1.29, 1.82) is 5.26 Å². The summed E-state index contributed by atoms with van der Waals surface area (Å²) in [5.41, 5.74) is -0.392. The predicted molar refractivity (Wildman–Crippen MR) is 79.0 cm³/mol. The zero-order valence-electron chi connectivity index (χ0n) is 12.7. The lowest BCUT2D eigenvalue weighted by molar-refractivity contribution is -0.108. The molecule has 0 bridgehead atoms. The van der Waals surface area contributed by atoms with Crippen LogP contribution in [-0.2, 0) is 0 Å². The summed E-state index contributed by atoms with van der Waals surface area (Å²) in [6.45, 7) is 4.33. The van der Waals surface area contributed by atoms with Crippen molar-refractivity contribution in [1.82, 2.24) is 4.90 Å². The number of nitriles is 1. The van der Waals surface area contributed by atoms with Crippen molar-refractivity contribution in [3.63, 3.8) is 0 Å². The first kappa shape index (κ1) is 14.4. The molecule has 0 aromatic rings. The number of rotatable bonds is 1. The highest BCUT2D eigenvalue weighted by atomic mass is 16.3. The Morgan fingerprint density at radius 1 is 1.20 bits per heavy atom. The summed E-state index contributed by atoms with van der Waals surface area (Å²) >= 11 is 0. The van der Waals surface area contributed by atoms with Crippen LogP contribution in [-0.4, -0.2) is 34.7 Å². The molecule has 3 fully saturated rings. The van der Waals surface area contributed by atoms with Gasteiger partial charge in [-0.2, -0.15) is 5.26 Å². The molecule has 1 N–H and O–H groups in total. The molecule has 3 aliphatic rings. The monoisotopic (exact) mass is 276 g/mol. The maximum absolute atomic E-state index is 10.8. The van der Waals surface area contributed by atoms with E-state index in [1.54, 1.807) is 0 Å². The maximum Gasteiger partial charge on any atom is 0.0700 e. The molecule has 20 heavy (non-hydrogen) atoms. The van der Waals surface area contributed by atoms with Gasteiger partial charge in [-0.15, -0.1) is 0 Å². The van der Waals surface area contributed by atoms with Crippen LogP contribution in [0.2, 0.25) is 0 Å². The fourth-order valence-electron chi connectivity index (χ4n) is 4.80. The van der Waals surface area contributed by atoms with E-state index in [0.29, 0.717) is 12.0 Å². The number of piperidine rings is 1. The number of hydrogen-bond acceptors (Lipinski definition) is 3. The van der Waals surface area contributed by atoms with Crippen molar-refractivity contribution in [2.75, 3.05) is 13.1 Å². The Labute approximate surface area is 123 Å². The molecule has 0 aromatic carbocycles. The van der Waals surface area contributed by atoms with Crippen LogP contribution < -0.4 is 0 Å². The topological polar surface area (TPSA) is 47.3 Å². The molecule has 112 valence electrons. The smallest absolute Gasteiger partial charge is 0.0700 e. The van der Waals surface area contributed by atoms with E-state index in [9.17, 15) is 10.4 Å². The number of likely N-dealkylation sites (tertiary alicyclic amines) is 1. The molecule has 0 radical (unpaired) electrons. The molecule has 1 heterocycles. The van der Waals surface area contributed by atoms with Crippen LogP contribution in [0.4, 0.5) is 0 Å². The lowest BCUT2D eigenvalue weighted by Gasteiger charge is -2.51. The SMILES string of the molecule is CC1CCC(C#N)C(N2CCC3(O)CCCCC3C2)C1. The third kappa shape index (κ3) is 2.61. The third-order valence-electron chi connectivity index (χ3n) is 6.17. The van der Waals surface area contributed by atoms with E-state index < -0.39 is 5.60 Å². The largest absolute Gasteiger partial charge is 0.390 e. The van der Waals surface area contributed by atoms with Gasteiger partial charge in [0, 0.05) is 25.0 Å². The summed E-state index contributed by atoms with van der Waals surface area (Å²) in [5.74, 6) is 1.40. The van der Waals surface area contributed by atoms with Crippen molar-refractivity contribution in [2.45, 2.75) is 69.9 Å². The van der Waals surface area contributed by atoms with E-state index in [0.717, 1.165) is 38.3 Å². The molecular formula is C17H28N2O. The van der Waals surface area contributed by atoms with Gasteiger partial charge in [-0.25, -0.2) is 0 Å². The molecule has 5 unspecified atom stereocenters. The minimum atomic E-state index is -0.392. The lowest BCUT2D eigenvalue weighted by atomic mass is 9.70. The Balaban J connectivity index is 1.70. The molecule has 0 aromatic heterocycles. The average Bonchev–Trinajstić information content (AvgIpc) is 2.46. The molecule has 3 rings (SSSR count). The summed E-state index contributed by atoms with van der Waals surface area (Å²) in [5, 5.41) is 20.2. The molecule has 2 aliphatic carbocycles. The average molecular weight is 276 g/mol. The van der Waals surface area contributed by atoms with Crippen LogP contribution in [0.1, 0.15) is 58.3 Å².